The molecule has 0 unspecified atom stereocenters. The van der Waals surface area contributed by atoms with Crippen molar-refractivity contribution in [3.63, 3.8) is 0 Å². The molecule has 0 aromatic carbocycles. The van der Waals surface area contributed by atoms with E-state index in [2.05, 4.69) is 10.2 Å². The summed E-state index contributed by atoms with van der Waals surface area (Å²) < 4.78 is 31.4. The van der Waals surface area contributed by atoms with E-state index in [0.29, 0.717) is 25.9 Å². The molecule has 2 heterocycles. The van der Waals surface area contributed by atoms with Crippen molar-refractivity contribution < 1.29 is 18.3 Å². The molecule has 0 bridgehead atoms. The van der Waals surface area contributed by atoms with Gasteiger partial charge >= 0.3 is 0 Å². The largest absolute Gasteiger partial charge is 0.394 e. The third kappa shape index (κ3) is 3.06. The Hall–Kier alpha value is -1.16. The normalized spacial score (nSPS) is 18.8. The first-order valence-corrected chi connectivity index (χ1v) is 7.51. The van der Waals surface area contributed by atoms with Crippen molar-refractivity contribution in [2.75, 3.05) is 32.0 Å². The maximum absolute atomic E-state index is 12.3. The van der Waals surface area contributed by atoms with Crippen LogP contribution in [-0.2, 0) is 14.8 Å². The number of ether oxygens (including phenoxy) is 1. The topological polar surface area (TPSA) is 122 Å². The number of nitrogens with zero attached hydrogens (tertiary/aromatic N) is 2. The summed E-state index contributed by atoms with van der Waals surface area (Å²) in [5, 5.41) is 14.7. The van der Waals surface area contributed by atoms with E-state index in [1.165, 1.54) is 10.5 Å². The number of aliphatic hydroxyl groups is 1. The summed E-state index contributed by atoms with van der Waals surface area (Å²) in [6, 6.07) is 0. The van der Waals surface area contributed by atoms with E-state index < -0.39 is 10.0 Å². The van der Waals surface area contributed by atoms with E-state index in [9.17, 15) is 8.42 Å². The lowest BCUT2D eigenvalue weighted by atomic mass is 10.1. The fourth-order valence-electron chi connectivity index (χ4n) is 2.09. The number of hydrogen-bond acceptors (Lipinski definition) is 6. The van der Waals surface area contributed by atoms with Crippen molar-refractivity contribution in [1.82, 2.24) is 14.5 Å². The number of hydrogen-bond donors (Lipinski definition) is 3. The van der Waals surface area contributed by atoms with Crippen LogP contribution in [0, 0.1) is 0 Å². The van der Waals surface area contributed by atoms with Gasteiger partial charge < -0.3 is 15.6 Å². The van der Waals surface area contributed by atoms with Gasteiger partial charge in [0.05, 0.1) is 25.5 Å². The van der Waals surface area contributed by atoms with Gasteiger partial charge in [-0.15, -0.1) is 0 Å². The molecule has 8 nitrogen and oxygen atoms in total. The second kappa shape index (κ2) is 5.87. The number of anilines is 1. The molecule has 1 aromatic rings. The quantitative estimate of drug-likeness (QED) is 0.649. The smallest absolute Gasteiger partial charge is 0.248 e. The third-order valence-corrected chi connectivity index (χ3v) is 5.02. The van der Waals surface area contributed by atoms with Crippen LogP contribution in [0.1, 0.15) is 12.8 Å². The van der Waals surface area contributed by atoms with Gasteiger partial charge in [-0.05, 0) is 12.8 Å². The molecular weight excluding hydrogens is 272 g/mol. The lowest BCUT2D eigenvalue weighted by molar-refractivity contribution is 0.00319. The monoisotopic (exact) mass is 290 g/mol. The number of piperidine rings is 1. The molecule has 1 aromatic heterocycles. The summed E-state index contributed by atoms with van der Waals surface area (Å²) in [7, 11) is -3.58. The standard InChI is InChI=1S/C10H18N4O4S/c11-10-9(7-12-13-10)19(16,17)14-3-1-8(2-4-14)18-6-5-15/h7-8,15H,1-6H2,(H3,11,12,13). The third-order valence-electron chi connectivity index (χ3n) is 3.10. The average Bonchev–Trinajstić information content (AvgIpc) is 2.84. The lowest BCUT2D eigenvalue weighted by Gasteiger charge is -2.30. The van der Waals surface area contributed by atoms with Gasteiger partial charge in [0, 0.05) is 13.1 Å². The molecule has 108 valence electrons. The molecule has 1 fully saturated rings. The maximum Gasteiger partial charge on any atom is 0.248 e. The van der Waals surface area contributed by atoms with Gasteiger partial charge in [-0.2, -0.15) is 9.40 Å². The van der Waals surface area contributed by atoms with Crippen LogP contribution in [0.4, 0.5) is 5.82 Å². The van der Waals surface area contributed by atoms with Crippen molar-refractivity contribution in [2.24, 2.45) is 0 Å². The number of aromatic nitrogens is 2. The Balaban J connectivity index is 2.00. The van der Waals surface area contributed by atoms with Crippen molar-refractivity contribution in [2.45, 2.75) is 23.8 Å². The summed E-state index contributed by atoms with van der Waals surface area (Å²) in [5.74, 6) is 0.0543. The zero-order chi connectivity index (χ0) is 13.9. The number of H-pyrrole nitrogens is 1. The number of nitrogen functional groups attached to an aromatic ring is 1. The Bertz CT molecular complexity index is 507. The zero-order valence-corrected chi connectivity index (χ0v) is 11.3. The molecule has 0 saturated carbocycles. The van der Waals surface area contributed by atoms with Crippen molar-refractivity contribution in [3.8, 4) is 0 Å². The number of sulfonamides is 1. The first-order chi connectivity index (χ1) is 9.05. The second-order valence-electron chi connectivity index (χ2n) is 4.35. The summed E-state index contributed by atoms with van der Waals surface area (Å²) in [5.41, 5.74) is 5.55. The van der Waals surface area contributed by atoms with Gasteiger partial charge in [0.15, 0.2) is 0 Å². The van der Waals surface area contributed by atoms with Crippen molar-refractivity contribution in [1.29, 1.82) is 0 Å². The second-order valence-corrected chi connectivity index (χ2v) is 6.25. The fourth-order valence-corrected chi connectivity index (χ4v) is 3.57. The van der Waals surface area contributed by atoms with E-state index in [0.717, 1.165) is 0 Å². The van der Waals surface area contributed by atoms with E-state index in [4.69, 9.17) is 15.6 Å². The number of aliphatic hydroxyl groups excluding tert-OH is 1. The average molecular weight is 290 g/mol. The maximum atomic E-state index is 12.3. The van der Waals surface area contributed by atoms with Gasteiger partial charge in [-0.1, -0.05) is 0 Å². The molecule has 0 amide bonds. The molecule has 4 N–H and O–H groups in total. The summed E-state index contributed by atoms with van der Waals surface area (Å²) >= 11 is 0. The lowest BCUT2D eigenvalue weighted by Crippen LogP contribution is -2.41. The first-order valence-electron chi connectivity index (χ1n) is 6.07. The van der Waals surface area contributed by atoms with E-state index in [1.807, 2.05) is 0 Å². The van der Waals surface area contributed by atoms with Gasteiger partial charge in [0.25, 0.3) is 0 Å². The predicted octanol–water partition coefficient (Wildman–Crippen LogP) is -0.846. The summed E-state index contributed by atoms with van der Waals surface area (Å²) in [6.07, 6.45) is 2.44. The van der Waals surface area contributed by atoms with Crippen LogP contribution in [0.5, 0.6) is 0 Å². The minimum atomic E-state index is -3.58. The summed E-state index contributed by atoms with van der Waals surface area (Å²) in [4.78, 5) is 0.0160. The van der Waals surface area contributed by atoms with E-state index in [-0.39, 0.29) is 30.0 Å². The zero-order valence-electron chi connectivity index (χ0n) is 10.4. The number of aromatic amines is 1. The highest BCUT2D eigenvalue weighted by Gasteiger charge is 2.31. The molecule has 19 heavy (non-hydrogen) atoms. The van der Waals surface area contributed by atoms with Gasteiger partial charge in [0.1, 0.15) is 10.7 Å². The Morgan fingerprint density at radius 3 is 2.74 bits per heavy atom. The molecule has 1 aliphatic heterocycles. The van der Waals surface area contributed by atoms with E-state index >= 15 is 0 Å². The van der Waals surface area contributed by atoms with Crippen LogP contribution >= 0.6 is 0 Å². The molecule has 2 rings (SSSR count). The predicted molar refractivity (Wildman–Crippen MR) is 67.8 cm³/mol. The fraction of sp³-hybridized carbons (Fsp3) is 0.700. The SMILES string of the molecule is Nc1[nH]ncc1S(=O)(=O)N1CCC(OCCO)CC1. The van der Waals surface area contributed by atoms with Gasteiger partial charge in [-0.3, -0.25) is 5.10 Å². The first kappa shape index (κ1) is 14.3. The Kier molecular flexibility index (Phi) is 4.40. The van der Waals surface area contributed by atoms with Crippen LogP contribution in [-0.4, -0.2) is 60.4 Å². The molecule has 0 radical (unpaired) electrons. The molecule has 1 saturated heterocycles. The van der Waals surface area contributed by atoms with Crippen LogP contribution in [0.15, 0.2) is 11.1 Å². The molecule has 0 atom stereocenters. The van der Waals surface area contributed by atoms with Crippen LogP contribution in [0.3, 0.4) is 0 Å². The van der Waals surface area contributed by atoms with E-state index in [1.54, 1.807) is 0 Å². The van der Waals surface area contributed by atoms with Gasteiger partial charge in [-0.25, -0.2) is 8.42 Å². The number of nitrogens with two attached hydrogens (primary N) is 1. The van der Waals surface area contributed by atoms with Crippen LogP contribution in [0.25, 0.3) is 0 Å². The molecule has 9 heteroatoms. The minimum absolute atomic E-state index is 0.000275. The molecular formula is C10H18N4O4S. The minimum Gasteiger partial charge on any atom is -0.394 e. The highest BCUT2D eigenvalue weighted by Crippen LogP contribution is 2.24. The number of nitrogens with one attached hydrogen (secondary N) is 1. The number of rotatable bonds is 5. The van der Waals surface area contributed by atoms with Crippen LogP contribution < -0.4 is 5.73 Å². The van der Waals surface area contributed by atoms with Crippen molar-refractivity contribution in [3.05, 3.63) is 6.20 Å². The molecule has 0 spiro atoms. The Morgan fingerprint density at radius 2 is 2.21 bits per heavy atom. The highest BCUT2D eigenvalue weighted by molar-refractivity contribution is 7.89. The Morgan fingerprint density at radius 1 is 1.53 bits per heavy atom. The van der Waals surface area contributed by atoms with Crippen LogP contribution in [0.2, 0.25) is 0 Å². The molecule has 0 aliphatic carbocycles. The van der Waals surface area contributed by atoms with Gasteiger partial charge in [0.2, 0.25) is 10.0 Å². The highest BCUT2D eigenvalue weighted by atomic mass is 32.2. The molecule has 1 aliphatic rings. The Labute approximate surface area is 111 Å². The van der Waals surface area contributed by atoms with Crippen molar-refractivity contribution >= 4 is 15.8 Å². The summed E-state index contributed by atoms with van der Waals surface area (Å²) in [6.45, 7) is 1.02.